The number of nitrogens with one attached hydrogen (secondary N) is 1. The Morgan fingerprint density at radius 1 is 1.16 bits per heavy atom. The molecule has 9 heteroatoms. The van der Waals surface area contributed by atoms with E-state index in [1.165, 1.54) is 42.5 Å². The molecule has 2 heterocycles. The zero-order valence-electron chi connectivity index (χ0n) is 16.9. The Morgan fingerprint density at radius 3 is 2.69 bits per heavy atom. The fraction of sp³-hybridized carbons (Fsp3) is 0.130. The van der Waals surface area contributed by atoms with Crippen molar-refractivity contribution in [1.29, 1.82) is 0 Å². The molecule has 4 rings (SSSR count). The average Bonchev–Trinajstić information content (AvgIpc) is 3.37. The number of rotatable bonds is 7. The second-order valence-electron chi connectivity index (χ2n) is 6.99. The lowest BCUT2D eigenvalue weighted by atomic mass is 10.2. The van der Waals surface area contributed by atoms with Gasteiger partial charge in [-0.25, -0.2) is 8.78 Å². The maximum atomic E-state index is 14.1. The number of anilines is 1. The molecule has 0 radical (unpaired) electrons. The first-order valence-corrected chi connectivity index (χ1v) is 10.0. The molecule has 32 heavy (non-hydrogen) atoms. The predicted octanol–water partition coefficient (Wildman–Crippen LogP) is 5.60. The van der Waals surface area contributed by atoms with Crippen molar-refractivity contribution >= 4 is 23.3 Å². The minimum absolute atomic E-state index is 0.0760. The lowest BCUT2D eigenvalue weighted by Gasteiger charge is -2.07. The Labute approximate surface area is 187 Å². The zero-order valence-corrected chi connectivity index (χ0v) is 17.7. The number of nitrogens with zero attached hydrogens (tertiary/aromatic N) is 2. The highest BCUT2D eigenvalue weighted by atomic mass is 35.5. The number of furan rings is 1. The summed E-state index contributed by atoms with van der Waals surface area (Å²) in [6.45, 7) is 1.99. The van der Waals surface area contributed by atoms with Crippen molar-refractivity contribution in [3.63, 3.8) is 0 Å². The fourth-order valence-electron chi connectivity index (χ4n) is 3.01. The van der Waals surface area contributed by atoms with Crippen molar-refractivity contribution in [3.8, 4) is 5.75 Å². The second-order valence-corrected chi connectivity index (χ2v) is 7.40. The van der Waals surface area contributed by atoms with Crippen LogP contribution in [0, 0.1) is 18.6 Å². The van der Waals surface area contributed by atoms with Gasteiger partial charge in [-0.3, -0.25) is 9.48 Å². The van der Waals surface area contributed by atoms with Gasteiger partial charge in [-0.2, -0.15) is 5.10 Å². The minimum atomic E-state index is -0.494. The van der Waals surface area contributed by atoms with Gasteiger partial charge in [0, 0.05) is 22.3 Å². The number of amides is 1. The summed E-state index contributed by atoms with van der Waals surface area (Å²) >= 11 is 6.09. The number of ether oxygens (including phenoxy) is 1. The van der Waals surface area contributed by atoms with E-state index in [0.717, 1.165) is 0 Å². The van der Waals surface area contributed by atoms with Crippen molar-refractivity contribution in [2.45, 2.75) is 20.1 Å². The highest BCUT2D eigenvalue weighted by Crippen LogP contribution is 2.22. The van der Waals surface area contributed by atoms with Crippen molar-refractivity contribution < 1.29 is 22.7 Å². The van der Waals surface area contributed by atoms with Crippen molar-refractivity contribution in [3.05, 3.63) is 100 Å². The van der Waals surface area contributed by atoms with Gasteiger partial charge in [-0.05, 0) is 55.5 Å². The lowest BCUT2D eigenvalue weighted by Crippen LogP contribution is -2.12. The minimum Gasteiger partial charge on any atom is -0.486 e. The molecule has 0 aliphatic rings. The third-order valence-electron chi connectivity index (χ3n) is 4.67. The van der Waals surface area contributed by atoms with E-state index in [2.05, 4.69) is 10.4 Å². The van der Waals surface area contributed by atoms with Crippen molar-refractivity contribution in [2.24, 2.45) is 0 Å². The lowest BCUT2D eigenvalue weighted by molar-refractivity contribution is 0.0992. The largest absolute Gasteiger partial charge is 0.486 e. The number of benzene rings is 2. The van der Waals surface area contributed by atoms with E-state index in [-0.39, 0.29) is 24.7 Å². The Bertz CT molecular complexity index is 1230. The first-order valence-electron chi connectivity index (χ1n) is 9.65. The Balaban J connectivity index is 1.39. The number of carbonyl (C=O) groups excluding carboxylic acids is 1. The van der Waals surface area contributed by atoms with Gasteiger partial charge in [0.25, 0.3) is 5.91 Å². The van der Waals surface area contributed by atoms with Crippen LogP contribution in [0.25, 0.3) is 0 Å². The Kier molecular flexibility index (Phi) is 6.23. The van der Waals surface area contributed by atoms with Crippen molar-refractivity contribution in [2.75, 3.05) is 5.32 Å². The topological polar surface area (TPSA) is 69.3 Å². The number of aryl methyl sites for hydroxylation is 1. The quantitative estimate of drug-likeness (QED) is 0.392. The zero-order chi connectivity index (χ0) is 22.7. The number of aromatic nitrogens is 2. The molecule has 1 amide bonds. The summed E-state index contributed by atoms with van der Waals surface area (Å²) < 4.78 is 39.6. The van der Waals surface area contributed by atoms with Crippen LogP contribution in [0.15, 0.2) is 65.1 Å². The number of hydrogen-bond donors (Lipinski definition) is 1. The van der Waals surface area contributed by atoms with Crippen LogP contribution >= 0.6 is 11.6 Å². The number of halogens is 3. The molecule has 6 nitrogen and oxygen atoms in total. The van der Waals surface area contributed by atoms with Gasteiger partial charge < -0.3 is 14.5 Å². The first kappa shape index (κ1) is 21.6. The van der Waals surface area contributed by atoms with Gasteiger partial charge in [0.2, 0.25) is 0 Å². The summed E-state index contributed by atoms with van der Waals surface area (Å²) in [5, 5.41) is 7.26. The van der Waals surface area contributed by atoms with E-state index in [1.807, 2.05) is 0 Å². The van der Waals surface area contributed by atoms with E-state index in [1.54, 1.807) is 29.8 Å². The van der Waals surface area contributed by atoms with Crippen LogP contribution in [0.1, 0.15) is 27.6 Å². The summed E-state index contributed by atoms with van der Waals surface area (Å²) in [4.78, 5) is 12.5. The molecule has 0 fully saturated rings. The van der Waals surface area contributed by atoms with Crippen LogP contribution in [0.2, 0.25) is 5.02 Å². The molecule has 0 aliphatic heterocycles. The summed E-state index contributed by atoms with van der Waals surface area (Å²) in [5.41, 5.74) is 1.03. The molecule has 0 atom stereocenters. The summed E-state index contributed by atoms with van der Waals surface area (Å²) in [6, 6.07) is 14.8. The van der Waals surface area contributed by atoms with E-state index < -0.39 is 11.7 Å². The molecule has 1 N–H and O–H groups in total. The van der Waals surface area contributed by atoms with Crippen LogP contribution in [-0.2, 0) is 13.2 Å². The molecule has 2 aromatic heterocycles. The van der Waals surface area contributed by atoms with Crippen LogP contribution in [0.3, 0.4) is 0 Å². The third kappa shape index (κ3) is 4.97. The highest BCUT2D eigenvalue weighted by Gasteiger charge is 2.16. The number of hydrogen-bond acceptors (Lipinski definition) is 4. The third-order valence-corrected chi connectivity index (χ3v) is 5.03. The number of carbonyl (C=O) groups is 1. The normalized spacial score (nSPS) is 10.9. The van der Waals surface area contributed by atoms with Crippen LogP contribution in [-0.4, -0.2) is 15.7 Å². The Morgan fingerprint density at radius 2 is 1.94 bits per heavy atom. The first-order chi connectivity index (χ1) is 15.4. The maximum absolute atomic E-state index is 14.1. The Hall–Kier alpha value is -3.65. The maximum Gasteiger partial charge on any atom is 0.292 e. The van der Waals surface area contributed by atoms with Gasteiger partial charge in [0.15, 0.2) is 11.6 Å². The average molecular weight is 458 g/mol. The standard InChI is InChI=1S/C23H18ClF2N3O3/c1-14-11-22(28-29(14)12-18-19(24)3-2-4-20(18)26)27-23(30)21-10-9-17(32-21)13-31-16-7-5-15(25)6-8-16/h2-11H,12-13H2,1H3,(H,27,28,30). The fourth-order valence-corrected chi connectivity index (χ4v) is 3.23. The van der Waals surface area contributed by atoms with E-state index >= 15 is 0 Å². The molecule has 0 bridgehead atoms. The monoisotopic (exact) mass is 457 g/mol. The summed E-state index contributed by atoms with van der Waals surface area (Å²) in [7, 11) is 0. The van der Waals surface area contributed by atoms with E-state index in [4.69, 9.17) is 20.8 Å². The van der Waals surface area contributed by atoms with Gasteiger partial charge in [-0.15, -0.1) is 0 Å². The summed E-state index contributed by atoms with van der Waals surface area (Å²) in [5.74, 6) is -0.00719. The molecular weight excluding hydrogens is 440 g/mol. The molecular formula is C23H18ClF2N3O3. The van der Waals surface area contributed by atoms with E-state index in [0.29, 0.717) is 33.6 Å². The smallest absolute Gasteiger partial charge is 0.292 e. The van der Waals surface area contributed by atoms with Crippen LogP contribution < -0.4 is 10.1 Å². The molecule has 2 aromatic carbocycles. The van der Waals surface area contributed by atoms with Crippen molar-refractivity contribution in [1.82, 2.24) is 9.78 Å². The van der Waals surface area contributed by atoms with E-state index in [9.17, 15) is 13.6 Å². The summed E-state index contributed by atoms with van der Waals surface area (Å²) in [6.07, 6.45) is 0. The predicted molar refractivity (Wildman–Crippen MR) is 115 cm³/mol. The second kappa shape index (κ2) is 9.23. The van der Waals surface area contributed by atoms with Crippen LogP contribution in [0.5, 0.6) is 5.75 Å². The molecule has 0 aliphatic carbocycles. The van der Waals surface area contributed by atoms with Gasteiger partial charge in [-0.1, -0.05) is 17.7 Å². The molecule has 0 unspecified atom stereocenters. The molecule has 164 valence electrons. The molecule has 4 aromatic rings. The van der Waals surface area contributed by atoms with Gasteiger partial charge >= 0.3 is 0 Å². The molecule has 0 spiro atoms. The highest BCUT2D eigenvalue weighted by molar-refractivity contribution is 6.31. The molecule has 0 saturated carbocycles. The van der Waals surface area contributed by atoms with Gasteiger partial charge in [0.05, 0.1) is 6.54 Å². The van der Waals surface area contributed by atoms with Crippen LogP contribution in [0.4, 0.5) is 14.6 Å². The SMILES string of the molecule is Cc1cc(NC(=O)c2ccc(COc3ccc(F)cc3)o2)nn1Cc1c(F)cccc1Cl. The molecule has 0 saturated heterocycles. The van der Waals surface area contributed by atoms with Gasteiger partial charge in [0.1, 0.15) is 29.8 Å².